The molecule has 6 heteroatoms. The Kier molecular flexibility index (Phi) is 5.18. The number of hydrogen-bond donors (Lipinski definition) is 1. The summed E-state index contributed by atoms with van der Waals surface area (Å²) in [5, 5.41) is 8.45. The second-order valence-corrected chi connectivity index (χ2v) is 7.33. The molecule has 0 unspecified atom stereocenters. The van der Waals surface area contributed by atoms with Gasteiger partial charge in [0, 0.05) is 17.5 Å². The van der Waals surface area contributed by atoms with Crippen molar-refractivity contribution in [3.8, 4) is 0 Å². The number of nitrogens with one attached hydrogen (secondary N) is 1. The number of aromatic nitrogens is 2. The second-order valence-electron chi connectivity index (χ2n) is 7.33. The van der Waals surface area contributed by atoms with Crippen LogP contribution in [0.3, 0.4) is 0 Å². The van der Waals surface area contributed by atoms with Crippen molar-refractivity contribution in [2.24, 2.45) is 0 Å². The Hall–Kier alpha value is -2.21. The number of amides is 1. The molecule has 2 aromatic rings. The number of likely N-dealkylation sites (tertiary alicyclic amines) is 1. The molecule has 0 saturated carbocycles. The van der Waals surface area contributed by atoms with Crippen LogP contribution in [0.15, 0.2) is 35.3 Å². The molecule has 1 N–H and O–H groups in total. The molecule has 1 aliphatic heterocycles. The average molecular weight is 342 g/mol. The Morgan fingerprint density at radius 3 is 2.68 bits per heavy atom. The summed E-state index contributed by atoms with van der Waals surface area (Å²) in [6.45, 7) is 6.97. The van der Waals surface area contributed by atoms with Crippen molar-refractivity contribution in [2.45, 2.75) is 45.2 Å². The van der Waals surface area contributed by atoms with Gasteiger partial charge in [-0.2, -0.15) is 5.10 Å². The Morgan fingerprint density at radius 2 is 1.92 bits per heavy atom. The largest absolute Gasteiger partial charge is 0.353 e. The fourth-order valence-corrected chi connectivity index (χ4v) is 3.36. The van der Waals surface area contributed by atoms with Crippen molar-refractivity contribution >= 4 is 16.7 Å². The third-order valence-corrected chi connectivity index (χ3v) is 4.99. The number of piperidine rings is 1. The highest BCUT2D eigenvalue weighted by Crippen LogP contribution is 2.19. The van der Waals surface area contributed by atoms with E-state index in [4.69, 9.17) is 0 Å². The van der Waals surface area contributed by atoms with Gasteiger partial charge in [-0.15, -0.1) is 0 Å². The normalized spacial score (nSPS) is 16.1. The first-order valence-electron chi connectivity index (χ1n) is 8.94. The summed E-state index contributed by atoms with van der Waals surface area (Å²) < 4.78 is 1.23. The lowest BCUT2D eigenvalue weighted by atomic mass is 9.98. The van der Waals surface area contributed by atoms with E-state index in [1.165, 1.54) is 23.9 Å². The summed E-state index contributed by atoms with van der Waals surface area (Å²) in [5.41, 5.74) is -0.318. The molecule has 3 rings (SSSR count). The van der Waals surface area contributed by atoms with E-state index in [9.17, 15) is 9.59 Å². The number of rotatable bonds is 5. The molecule has 1 fully saturated rings. The van der Waals surface area contributed by atoms with Crippen LogP contribution >= 0.6 is 0 Å². The summed E-state index contributed by atoms with van der Waals surface area (Å²) in [4.78, 5) is 27.2. The van der Waals surface area contributed by atoms with Gasteiger partial charge in [-0.25, -0.2) is 4.68 Å². The number of benzene rings is 1. The van der Waals surface area contributed by atoms with Crippen molar-refractivity contribution in [3.05, 3.63) is 40.8 Å². The van der Waals surface area contributed by atoms with E-state index in [1.807, 2.05) is 18.2 Å². The summed E-state index contributed by atoms with van der Waals surface area (Å²) >= 11 is 0. The lowest BCUT2D eigenvalue weighted by Gasteiger charge is -2.41. The highest BCUT2D eigenvalue weighted by molar-refractivity contribution is 5.81. The van der Waals surface area contributed by atoms with E-state index in [-0.39, 0.29) is 23.6 Å². The second kappa shape index (κ2) is 7.35. The molecule has 0 radical (unpaired) electrons. The van der Waals surface area contributed by atoms with Gasteiger partial charge < -0.3 is 5.32 Å². The predicted molar refractivity (Wildman–Crippen MR) is 98.5 cm³/mol. The van der Waals surface area contributed by atoms with Gasteiger partial charge in [0.25, 0.3) is 5.56 Å². The van der Waals surface area contributed by atoms with E-state index in [0.717, 1.165) is 18.5 Å². The van der Waals surface area contributed by atoms with Gasteiger partial charge in [0.1, 0.15) is 6.54 Å². The minimum Gasteiger partial charge on any atom is -0.353 e. The maximum atomic E-state index is 12.4. The van der Waals surface area contributed by atoms with Crippen LogP contribution < -0.4 is 10.9 Å². The van der Waals surface area contributed by atoms with Crippen LogP contribution in [0.5, 0.6) is 0 Å². The lowest BCUT2D eigenvalue weighted by molar-refractivity contribution is -0.122. The SMILES string of the molecule is CC(C)(CNC(=O)Cn1ncc2ccccc2c1=O)N1CCCCC1. The maximum absolute atomic E-state index is 12.4. The van der Waals surface area contributed by atoms with Gasteiger partial charge in [0.05, 0.1) is 11.6 Å². The van der Waals surface area contributed by atoms with Gasteiger partial charge in [-0.1, -0.05) is 24.6 Å². The molecule has 2 heterocycles. The van der Waals surface area contributed by atoms with Gasteiger partial charge in [-0.3, -0.25) is 14.5 Å². The van der Waals surface area contributed by atoms with E-state index in [1.54, 1.807) is 12.3 Å². The Bertz CT molecular complexity index is 806. The topological polar surface area (TPSA) is 67.2 Å². The number of carbonyl (C=O) groups excluding carboxylic acids is 1. The first-order valence-corrected chi connectivity index (χ1v) is 8.94. The number of fused-ring (bicyclic) bond motifs is 1. The van der Waals surface area contributed by atoms with E-state index in [2.05, 4.69) is 29.2 Å². The molecule has 1 saturated heterocycles. The smallest absolute Gasteiger partial charge is 0.275 e. The quantitative estimate of drug-likeness (QED) is 0.899. The minimum atomic E-state index is -0.233. The molecule has 0 spiro atoms. The van der Waals surface area contributed by atoms with Gasteiger partial charge in [0.2, 0.25) is 5.91 Å². The molecule has 1 aliphatic rings. The van der Waals surface area contributed by atoms with Gasteiger partial charge >= 0.3 is 0 Å². The van der Waals surface area contributed by atoms with Crippen molar-refractivity contribution < 1.29 is 4.79 Å². The third-order valence-electron chi connectivity index (χ3n) is 4.99. The first kappa shape index (κ1) is 17.6. The highest BCUT2D eigenvalue weighted by atomic mass is 16.2. The summed E-state index contributed by atoms with van der Waals surface area (Å²) in [6.07, 6.45) is 5.35. The first-order chi connectivity index (χ1) is 12.0. The highest BCUT2D eigenvalue weighted by Gasteiger charge is 2.28. The van der Waals surface area contributed by atoms with Gasteiger partial charge in [-0.05, 0) is 45.8 Å². The lowest BCUT2D eigenvalue weighted by Crippen LogP contribution is -2.53. The van der Waals surface area contributed by atoms with Crippen molar-refractivity contribution in [1.29, 1.82) is 0 Å². The monoisotopic (exact) mass is 342 g/mol. The minimum absolute atomic E-state index is 0.0558. The third kappa shape index (κ3) is 4.07. The number of nitrogens with zero attached hydrogens (tertiary/aromatic N) is 3. The molecule has 6 nitrogen and oxygen atoms in total. The van der Waals surface area contributed by atoms with Crippen LogP contribution in [-0.2, 0) is 11.3 Å². The zero-order valence-electron chi connectivity index (χ0n) is 15.0. The predicted octanol–water partition coefficient (Wildman–Crippen LogP) is 1.78. The maximum Gasteiger partial charge on any atom is 0.275 e. The molecular formula is C19H26N4O2. The molecule has 0 aliphatic carbocycles. The molecule has 1 aromatic heterocycles. The Labute approximate surface area is 147 Å². The van der Waals surface area contributed by atoms with Crippen LogP contribution in [0.25, 0.3) is 10.8 Å². The van der Waals surface area contributed by atoms with Crippen molar-refractivity contribution in [2.75, 3.05) is 19.6 Å². The molecule has 0 atom stereocenters. The number of carbonyl (C=O) groups is 1. The zero-order valence-corrected chi connectivity index (χ0v) is 15.0. The average Bonchev–Trinajstić information content (AvgIpc) is 2.63. The summed E-state index contributed by atoms with van der Waals surface area (Å²) in [5.74, 6) is -0.185. The van der Waals surface area contributed by atoms with Crippen LogP contribution in [0, 0.1) is 0 Å². The van der Waals surface area contributed by atoms with Crippen molar-refractivity contribution in [3.63, 3.8) is 0 Å². The fourth-order valence-electron chi connectivity index (χ4n) is 3.36. The standard InChI is InChI=1S/C19H26N4O2/c1-19(2,22-10-6-3-7-11-22)14-20-17(24)13-23-18(25)16-9-5-4-8-15(16)12-21-23/h4-5,8-9,12H,3,6-7,10-11,13-14H2,1-2H3,(H,20,24). The molecule has 134 valence electrons. The Balaban J connectivity index is 1.63. The summed E-state index contributed by atoms with van der Waals surface area (Å²) in [7, 11) is 0. The van der Waals surface area contributed by atoms with E-state index in [0.29, 0.717) is 11.9 Å². The molecule has 0 bridgehead atoms. The van der Waals surface area contributed by atoms with Crippen LogP contribution in [0.4, 0.5) is 0 Å². The van der Waals surface area contributed by atoms with Crippen molar-refractivity contribution in [1.82, 2.24) is 20.0 Å². The molecular weight excluding hydrogens is 316 g/mol. The van der Waals surface area contributed by atoms with Crippen LogP contribution in [-0.4, -0.2) is 45.8 Å². The molecule has 1 aromatic carbocycles. The van der Waals surface area contributed by atoms with E-state index < -0.39 is 0 Å². The van der Waals surface area contributed by atoms with Crippen LogP contribution in [0.2, 0.25) is 0 Å². The zero-order chi connectivity index (χ0) is 17.9. The molecule has 25 heavy (non-hydrogen) atoms. The van der Waals surface area contributed by atoms with Gasteiger partial charge in [0.15, 0.2) is 0 Å². The van der Waals surface area contributed by atoms with E-state index >= 15 is 0 Å². The Morgan fingerprint density at radius 1 is 1.20 bits per heavy atom. The molecule has 1 amide bonds. The van der Waals surface area contributed by atoms with Crippen LogP contribution in [0.1, 0.15) is 33.1 Å². The fraction of sp³-hybridized carbons (Fsp3) is 0.526. The number of hydrogen-bond acceptors (Lipinski definition) is 4. The summed E-state index contributed by atoms with van der Waals surface area (Å²) in [6, 6.07) is 7.28.